The van der Waals surface area contributed by atoms with E-state index in [1.165, 1.54) is 18.2 Å². The van der Waals surface area contributed by atoms with Gasteiger partial charge in [0.15, 0.2) is 0 Å². The van der Waals surface area contributed by atoms with Gasteiger partial charge < -0.3 is 19.7 Å². The molecule has 2 aliphatic heterocycles. The lowest BCUT2D eigenvalue weighted by atomic mass is 9.98. The van der Waals surface area contributed by atoms with Crippen molar-refractivity contribution in [1.29, 1.82) is 0 Å². The summed E-state index contributed by atoms with van der Waals surface area (Å²) in [4.78, 5) is 24.9. The highest BCUT2D eigenvalue weighted by atomic mass is 35.5. The average Bonchev–Trinajstić information content (AvgIpc) is 3.05. The Kier molecular flexibility index (Phi) is 6.19. The zero-order valence-electron chi connectivity index (χ0n) is 14.4. The Balaban J connectivity index is 1.37. The molecule has 1 unspecified atom stereocenters. The molecule has 8 heteroatoms. The van der Waals surface area contributed by atoms with Gasteiger partial charge in [-0.2, -0.15) is 0 Å². The molecule has 2 amide bonds. The highest BCUT2D eigenvalue weighted by Crippen LogP contribution is 2.27. The van der Waals surface area contributed by atoms with E-state index in [1.807, 2.05) is 0 Å². The van der Waals surface area contributed by atoms with Crippen LogP contribution in [-0.4, -0.2) is 49.2 Å². The first-order chi connectivity index (χ1) is 12.5. The predicted octanol–water partition coefficient (Wildman–Crippen LogP) is 2.99. The summed E-state index contributed by atoms with van der Waals surface area (Å²) >= 11 is 5.95. The molecule has 2 aliphatic rings. The Morgan fingerprint density at radius 3 is 2.69 bits per heavy atom. The van der Waals surface area contributed by atoms with Crippen molar-refractivity contribution in [2.45, 2.75) is 31.7 Å². The second kappa shape index (κ2) is 8.58. The first-order valence-electron chi connectivity index (χ1n) is 8.80. The second-order valence-electron chi connectivity index (χ2n) is 6.70. The number of ether oxygens (including phenoxy) is 2. The van der Waals surface area contributed by atoms with E-state index < -0.39 is 5.82 Å². The van der Waals surface area contributed by atoms with E-state index in [2.05, 4.69) is 5.32 Å². The number of piperidine rings is 1. The number of hydrogen-bond donors (Lipinski definition) is 1. The number of hydrogen-bond acceptors (Lipinski definition) is 4. The number of carbonyl (C=O) groups is 2. The molecule has 1 N–H and O–H groups in total. The molecule has 0 spiro atoms. The van der Waals surface area contributed by atoms with Gasteiger partial charge in [0, 0.05) is 19.5 Å². The summed E-state index contributed by atoms with van der Waals surface area (Å²) < 4.78 is 24.0. The van der Waals surface area contributed by atoms with Crippen LogP contribution in [0.4, 0.5) is 9.18 Å². The van der Waals surface area contributed by atoms with Gasteiger partial charge in [0.05, 0.1) is 17.7 Å². The quantitative estimate of drug-likeness (QED) is 0.847. The zero-order valence-corrected chi connectivity index (χ0v) is 15.1. The van der Waals surface area contributed by atoms with Crippen LogP contribution in [0.2, 0.25) is 5.02 Å². The smallest absolute Gasteiger partial charge is 0.409 e. The maximum absolute atomic E-state index is 13.0. The molecule has 0 aromatic heterocycles. The molecule has 0 bridgehead atoms. The van der Waals surface area contributed by atoms with Gasteiger partial charge in [0.25, 0.3) is 0 Å². The van der Waals surface area contributed by atoms with Gasteiger partial charge in [-0.1, -0.05) is 11.6 Å². The van der Waals surface area contributed by atoms with Gasteiger partial charge in [0.1, 0.15) is 18.2 Å². The number of likely N-dealkylation sites (tertiary alicyclic amines) is 1. The molecule has 0 radical (unpaired) electrons. The predicted molar refractivity (Wildman–Crippen MR) is 93.7 cm³/mol. The maximum atomic E-state index is 13.0. The fourth-order valence-electron chi connectivity index (χ4n) is 3.15. The highest BCUT2D eigenvalue weighted by Gasteiger charge is 2.26. The van der Waals surface area contributed by atoms with Crippen LogP contribution in [0.1, 0.15) is 25.7 Å². The van der Waals surface area contributed by atoms with E-state index in [-0.39, 0.29) is 29.7 Å². The zero-order chi connectivity index (χ0) is 18.5. The molecular weight excluding hydrogens is 363 g/mol. The third kappa shape index (κ3) is 5.00. The van der Waals surface area contributed by atoms with Crippen LogP contribution in [0, 0.1) is 11.7 Å². The van der Waals surface area contributed by atoms with Crippen LogP contribution < -0.4 is 10.1 Å². The van der Waals surface area contributed by atoms with Crippen molar-refractivity contribution in [2.75, 3.05) is 26.3 Å². The minimum Gasteiger partial charge on any atom is -0.492 e. The molecule has 1 aromatic carbocycles. The minimum absolute atomic E-state index is 0.00752. The number of amides is 2. The van der Waals surface area contributed by atoms with Gasteiger partial charge in [-0.25, -0.2) is 9.18 Å². The van der Waals surface area contributed by atoms with Gasteiger partial charge in [-0.3, -0.25) is 4.79 Å². The Bertz CT molecular complexity index is 665. The molecule has 142 valence electrons. The summed E-state index contributed by atoms with van der Waals surface area (Å²) in [5.41, 5.74) is 0. The number of rotatable bonds is 5. The fraction of sp³-hybridized carbons (Fsp3) is 0.556. The number of nitrogens with one attached hydrogen (secondary N) is 1. The number of nitrogens with zero attached hydrogens (tertiary/aromatic N) is 1. The summed E-state index contributed by atoms with van der Waals surface area (Å²) in [5.74, 6) is 0.377. The Labute approximate surface area is 156 Å². The molecular formula is C18H22ClFN2O4. The minimum atomic E-state index is -0.397. The number of benzene rings is 1. The third-order valence-electron chi connectivity index (χ3n) is 4.73. The topological polar surface area (TPSA) is 67.9 Å². The molecule has 2 heterocycles. The molecule has 1 aromatic rings. The Morgan fingerprint density at radius 2 is 2.04 bits per heavy atom. The first kappa shape index (κ1) is 18.8. The molecule has 2 fully saturated rings. The molecule has 6 nitrogen and oxygen atoms in total. The molecule has 3 rings (SSSR count). The van der Waals surface area contributed by atoms with Crippen molar-refractivity contribution >= 4 is 23.6 Å². The maximum Gasteiger partial charge on any atom is 0.409 e. The Morgan fingerprint density at radius 1 is 1.27 bits per heavy atom. The van der Waals surface area contributed by atoms with E-state index in [4.69, 9.17) is 21.1 Å². The monoisotopic (exact) mass is 384 g/mol. The lowest BCUT2D eigenvalue weighted by Crippen LogP contribution is -2.41. The number of halogens is 2. The second-order valence-corrected chi connectivity index (χ2v) is 7.10. The largest absolute Gasteiger partial charge is 0.492 e. The van der Waals surface area contributed by atoms with Crippen LogP contribution >= 0.6 is 11.6 Å². The molecule has 26 heavy (non-hydrogen) atoms. The van der Waals surface area contributed by atoms with Crippen molar-refractivity contribution in [2.24, 2.45) is 5.92 Å². The van der Waals surface area contributed by atoms with Crippen molar-refractivity contribution < 1.29 is 23.5 Å². The molecule has 0 aliphatic carbocycles. The van der Waals surface area contributed by atoms with Crippen LogP contribution in [0.3, 0.4) is 0 Å². The van der Waals surface area contributed by atoms with Gasteiger partial charge in [-0.15, -0.1) is 0 Å². The van der Waals surface area contributed by atoms with Gasteiger partial charge in [0.2, 0.25) is 5.91 Å². The van der Waals surface area contributed by atoms with Gasteiger partial charge in [-0.05, 0) is 43.4 Å². The van der Waals surface area contributed by atoms with Crippen molar-refractivity contribution in [3.8, 4) is 5.75 Å². The lowest BCUT2D eigenvalue weighted by Gasteiger charge is -2.31. The summed E-state index contributed by atoms with van der Waals surface area (Å²) in [6.07, 6.45) is 2.46. The molecule has 2 saturated heterocycles. The van der Waals surface area contributed by atoms with Gasteiger partial charge >= 0.3 is 6.09 Å². The molecule has 1 atom stereocenters. The standard InChI is InChI=1S/C18H22ClFN2O4/c19-15-9-13(20)1-3-16(15)25-10-12-5-7-22(8-6-12)18(24)26-11-14-2-4-17(23)21-14/h1,3,9,12,14H,2,4-8,10-11H2,(H,21,23). The summed E-state index contributed by atoms with van der Waals surface area (Å²) in [5, 5.41) is 3.03. The summed E-state index contributed by atoms with van der Waals surface area (Å²) in [6, 6.07) is 3.98. The van der Waals surface area contributed by atoms with Crippen molar-refractivity contribution in [3.63, 3.8) is 0 Å². The number of carbonyl (C=O) groups excluding carboxylic acids is 2. The summed E-state index contributed by atoms with van der Waals surface area (Å²) in [6.45, 7) is 1.89. The highest BCUT2D eigenvalue weighted by molar-refractivity contribution is 6.32. The Hall–Kier alpha value is -2.02. The molecule has 0 saturated carbocycles. The normalized spacial score (nSPS) is 20.8. The third-order valence-corrected chi connectivity index (χ3v) is 5.03. The lowest BCUT2D eigenvalue weighted by molar-refractivity contribution is -0.119. The van der Waals surface area contributed by atoms with E-state index >= 15 is 0 Å². The van der Waals surface area contributed by atoms with Crippen LogP contribution in [0.15, 0.2) is 18.2 Å². The van der Waals surface area contributed by atoms with E-state index in [9.17, 15) is 14.0 Å². The fourth-order valence-corrected chi connectivity index (χ4v) is 3.37. The van der Waals surface area contributed by atoms with Crippen LogP contribution in [0.25, 0.3) is 0 Å². The average molecular weight is 385 g/mol. The van der Waals surface area contributed by atoms with E-state index in [0.29, 0.717) is 44.2 Å². The van der Waals surface area contributed by atoms with Crippen LogP contribution in [0.5, 0.6) is 5.75 Å². The van der Waals surface area contributed by atoms with Crippen LogP contribution in [-0.2, 0) is 9.53 Å². The SMILES string of the molecule is O=C1CCC(COC(=O)N2CCC(COc3ccc(F)cc3Cl)CC2)N1. The first-order valence-corrected chi connectivity index (χ1v) is 9.18. The van der Waals surface area contributed by atoms with E-state index in [0.717, 1.165) is 12.8 Å². The van der Waals surface area contributed by atoms with Crippen molar-refractivity contribution in [3.05, 3.63) is 29.0 Å². The van der Waals surface area contributed by atoms with E-state index in [1.54, 1.807) is 4.90 Å². The summed E-state index contributed by atoms with van der Waals surface area (Å²) in [7, 11) is 0. The van der Waals surface area contributed by atoms with Crippen molar-refractivity contribution in [1.82, 2.24) is 10.2 Å².